The summed E-state index contributed by atoms with van der Waals surface area (Å²) in [6.45, 7) is 1.98. The van der Waals surface area contributed by atoms with E-state index in [0.717, 1.165) is 16.5 Å². The number of rotatable bonds is 2. The third kappa shape index (κ3) is 3.26. The monoisotopic (exact) mass is 351 g/mol. The molecule has 2 atom stereocenters. The van der Waals surface area contributed by atoms with Crippen molar-refractivity contribution < 1.29 is 8.42 Å². The summed E-state index contributed by atoms with van der Waals surface area (Å²) >= 11 is 9.53. The number of hydrogen-bond donors (Lipinski definition) is 1. The molecule has 1 aliphatic heterocycles. The van der Waals surface area contributed by atoms with Gasteiger partial charge in [-0.1, -0.05) is 40.5 Å². The lowest BCUT2D eigenvalue weighted by molar-refractivity contribution is 0.440. The fourth-order valence-electron chi connectivity index (χ4n) is 2.21. The first-order valence-corrected chi connectivity index (χ1v) is 8.82. The van der Waals surface area contributed by atoms with Gasteiger partial charge in [-0.05, 0) is 24.1 Å². The molecular formula is C12H15BrClNO2S. The summed E-state index contributed by atoms with van der Waals surface area (Å²) in [5.41, 5.74) is 0.849. The molecule has 0 bridgehead atoms. The predicted molar refractivity (Wildman–Crippen MR) is 77.8 cm³/mol. The van der Waals surface area contributed by atoms with Crippen molar-refractivity contribution in [2.75, 3.05) is 11.5 Å². The van der Waals surface area contributed by atoms with Crippen LogP contribution in [0.25, 0.3) is 0 Å². The number of nitrogens with one attached hydrogen (secondary N) is 1. The number of sulfone groups is 1. The predicted octanol–water partition coefficient (Wildman–Crippen LogP) is 2.94. The van der Waals surface area contributed by atoms with Gasteiger partial charge in [-0.25, -0.2) is 8.42 Å². The molecule has 18 heavy (non-hydrogen) atoms. The summed E-state index contributed by atoms with van der Waals surface area (Å²) in [7, 11) is -3.00. The van der Waals surface area contributed by atoms with Crippen molar-refractivity contribution in [1.82, 2.24) is 5.32 Å². The molecule has 2 unspecified atom stereocenters. The maximum Gasteiger partial charge on any atom is 0.153 e. The molecule has 0 aromatic heterocycles. The van der Waals surface area contributed by atoms with E-state index in [-0.39, 0.29) is 23.6 Å². The van der Waals surface area contributed by atoms with Crippen molar-refractivity contribution in [3.8, 4) is 0 Å². The molecule has 6 heteroatoms. The Bertz CT molecular complexity index is 547. The average molecular weight is 353 g/mol. The Labute approximate surface area is 121 Å². The normalized spacial score (nSPS) is 27.1. The molecule has 0 aliphatic carbocycles. The van der Waals surface area contributed by atoms with E-state index in [1.807, 2.05) is 19.1 Å². The fourth-order valence-corrected chi connectivity index (χ4v) is 4.88. The van der Waals surface area contributed by atoms with Gasteiger partial charge in [0.1, 0.15) is 0 Å². The highest BCUT2D eigenvalue weighted by molar-refractivity contribution is 9.10. The molecule has 2 rings (SSSR count). The average Bonchev–Trinajstić information content (AvgIpc) is 2.26. The van der Waals surface area contributed by atoms with E-state index >= 15 is 0 Å². The zero-order chi connectivity index (χ0) is 13.3. The Hall–Kier alpha value is -0.100. The maximum atomic E-state index is 11.9. The van der Waals surface area contributed by atoms with Gasteiger partial charge in [0.05, 0.1) is 11.5 Å². The van der Waals surface area contributed by atoms with Crippen LogP contribution in [0.5, 0.6) is 0 Å². The van der Waals surface area contributed by atoms with Crippen LogP contribution in [0.4, 0.5) is 0 Å². The summed E-state index contributed by atoms with van der Waals surface area (Å²) < 4.78 is 24.7. The van der Waals surface area contributed by atoms with Gasteiger partial charge in [-0.3, -0.25) is 0 Å². The lowest BCUT2D eigenvalue weighted by atomic mass is 10.1. The molecule has 1 heterocycles. The van der Waals surface area contributed by atoms with Crippen LogP contribution in [0, 0.1) is 0 Å². The Morgan fingerprint density at radius 3 is 2.78 bits per heavy atom. The molecule has 0 amide bonds. The molecule has 1 fully saturated rings. The van der Waals surface area contributed by atoms with Gasteiger partial charge in [-0.15, -0.1) is 0 Å². The number of benzene rings is 1. The number of halogens is 2. The van der Waals surface area contributed by atoms with Gasteiger partial charge < -0.3 is 5.32 Å². The van der Waals surface area contributed by atoms with E-state index in [1.165, 1.54) is 0 Å². The summed E-state index contributed by atoms with van der Waals surface area (Å²) in [5.74, 6) is 0.332. The van der Waals surface area contributed by atoms with Crippen LogP contribution in [0.2, 0.25) is 5.02 Å². The molecular weight excluding hydrogens is 338 g/mol. The van der Waals surface area contributed by atoms with Crippen molar-refractivity contribution in [3.63, 3.8) is 0 Å². The second kappa shape index (κ2) is 5.49. The molecule has 1 aliphatic rings. The molecule has 1 aromatic rings. The Balaban J connectivity index is 2.32. The minimum atomic E-state index is -3.00. The van der Waals surface area contributed by atoms with Crippen LogP contribution >= 0.6 is 27.5 Å². The molecule has 0 saturated carbocycles. The summed E-state index contributed by atoms with van der Waals surface area (Å²) in [6.07, 6.45) is 0.796. The van der Waals surface area contributed by atoms with Gasteiger partial charge in [0.25, 0.3) is 0 Å². The Kier molecular flexibility index (Phi) is 4.36. The summed E-state index contributed by atoms with van der Waals surface area (Å²) in [4.78, 5) is 0. The van der Waals surface area contributed by atoms with Gasteiger partial charge >= 0.3 is 0 Å². The molecule has 1 N–H and O–H groups in total. The molecule has 1 saturated heterocycles. The van der Waals surface area contributed by atoms with E-state index in [0.29, 0.717) is 5.02 Å². The third-order valence-electron chi connectivity index (χ3n) is 3.14. The SMILES string of the molecule is CCC1CS(=O)(=O)CC(c2ccc(Br)cc2Cl)N1. The van der Waals surface area contributed by atoms with Gasteiger partial charge in [0.15, 0.2) is 9.84 Å². The van der Waals surface area contributed by atoms with Crippen LogP contribution < -0.4 is 5.32 Å². The lowest BCUT2D eigenvalue weighted by Crippen LogP contribution is -2.46. The molecule has 0 spiro atoms. The first kappa shape index (κ1) is 14.3. The van der Waals surface area contributed by atoms with Crippen molar-refractivity contribution in [3.05, 3.63) is 33.3 Å². The first-order chi connectivity index (χ1) is 8.41. The van der Waals surface area contributed by atoms with Crippen LogP contribution in [0.3, 0.4) is 0 Å². The topological polar surface area (TPSA) is 46.2 Å². The van der Waals surface area contributed by atoms with Gasteiger partial charge in [-0.2, -0.15) is 0 Å². The van der Waals surface area contributed by atoms with Crippen molar-refractivity contribution in [2.45, 2.75) is 25.4 Å². The van der Waals surface area contributed by atoms with Gasteiger partial charge in [0.2, 0.25) is 0 Å². The summed E-state index contributed by atoms with van der Waals surface area (Å²) in [5, 5.41) is 3.95. The Morgan fingerprint density at radius 2 is 2.17 bits per heavy atom. The minimum Gasteiger partial charge on any atom is -0.305 e. The van der Waals surface area contributed by atoms with Gasteiger partial charge in [0, 0.05) is 21.6 Å². The quantitative estimate of drug-likeness (QED) is 0.890. The van der Waals surface area contributed by atoms with E-state index < -0.39 is 9.84 Å². The smallest absolute Gasteiger partial charge is 0.153 e. The van der Waals surface area contributed by atoms with Crippen LogP contribution in [0.15, 0.2) is 22.7 Å². The number of hydrogen-bond acceptors (Lipinski definition) is 3. The highest BCUT2D eigenvalue weighted by Crippen LogP contribution is 2.30. The standard InChI is InChI=1S/C12H15BrClNO2S/c1-2-9-6-18(16,17)7-12(15-9)10-4-3-8(13)5-11(10)14/h3-5,9,12,15H,2,6-7H2,1H3. The third-order valence-corrected chi connectivity index (χ3v) is 5.72. The van der Waals surface area contributed by atoms with E-state index in [4.69, 9.17) is 11.6 Å². The fraction of sp³-hybridized carbons (Fsp3) is 0.500. The first-order valence-electron chi connectivity index (χ1n) is 5.82. The van der Waals surface area contributed by atoms with E-state index in [2.05, 4.69) is 21.2 Å². The highest BCUT2D eigenvalue weighted by Gasteiger charge is 2.31. The van der Waals surface area contributed by atoms with E-state index in [9.17, 15) is 8.42 Å². The van der Waals surface area contributed by atoms with Crippen molar-refractivity contribution in [2.24, 2.45) is 0 Å². The van der Waals surface area contributed by atoms with E-state index in [1.54, 1.807) is 6.07 Å². The lowest BCUT2D eigenvalue weighted by Gasteiger charge is -2.31. The van der Waals surface area contributed by atoms with Crippen molar-refractivity contribution >= 4 is 37.4 Å². The molecule has 100 valence electrons. The molecule has 1 aromatic carbocycles. The minimum absolute atomic E-state index is 0.00784. The molecule has 0 radical (unpaired) electrons. The summed E-state index contributed by atoms with van der Waals surface area (Å²) in [6, 6.07) is 5.34. The van der Waals surface area contributed by atoms with Crippen LogP contribution in [-0.4, -0.2) is 26.0 Å². The largest absolute Gasteiger partial charge is 0.305 e. The van der Waals surface area contributed by atoms with Crippen LogP contribution in [0.1, 0.15) is 24.9 Å². The Morgan fingerprint density at radius 1 is 1.44 bits per heavy atom. The second-order valence-corrected chi connectivity index (χ2v) is 8.04. The molecule has 3 nitrogen and oxygen atoms in total. The second-order valence-electron chi connectivity index (χ2n) is 4.57. The highest BCUT2D eigenvalue weighted by atomic mass is 79.9. The zero-order valence-electron chi connectivity index (χ0n) is 9.99. The van der Waals surface area contributed by atoms with Crippen LogP contribution in [-0.2, 0) is 9.84 Å². The zero-order valence-corrected chi connectivity index (χ0v) is 13.1. The maximum absolute atomic E-state index is 11.9. The van der Waals surface area contributed by atoms with Crippen molar-refractivity contribution in [1.29, 1.82) is 0 Å².